The third kappa shape index (κ3) is 3.43. The number of ether oxygens (including phenoxy) is 1. The van der Waals surface area contributed by atoms with E-state index in [4.69, 9.17) is 4.74 Å². The molecule has 1 aromatic heterocycles. The molecule has 1 atom stereocenters. The van der Waals surface area contributed by atoms with Gasteiger partial charge in [0, 0.05) is 0 Å². The maximum atomic E-state index is 5.90. The number of hydrogen-bond donors (Lipinski definition) is 1. The van der Waals surface area contributed by atoms with Crippen molar-refractivity contribution in [2.75, 3.05) is 6.54 Å². The van der Waals surface area contributed by atoms with Crippen LogP contribution in [0.2, 0.25) is 0 Å². The molecule has 0 aliphatic heterocycles. The highest BCUT2D eigenvalue weighted by molar-refractivity contribution is 9.11. The number of benzene rings is 1. The van der Waals surface area contributed by atoms with Crippen LogP contribution in [0.3, 0.4) is 0 Å². The van der Waals surface area contributed by atoms with Crippen molar-refractivity contribution in [2.24, 2.45) is 0 Å². The molecule has 1 fully saturated rings. The van der Waals surface area contributed by atoms with Crippen molar-refractivity contribution in [2.45, 2.75) is 31.9 Å². The third-order valence-electron chi connectivity index (χ3n) is 3.35. The highest BCUT2D eigenvalue weighted by Crippen LogP contribution is 2.32. The Labute approximate surface area is 132 Å². The molecule has 0 bridgehead atoms. The van der Waals surface area contributed by atoms with Gasteiger partial charge < -0.3 is 10.1 Å². The minimum Gasteiger partial charge on any atom is -0.490 e. The molecular formula is C16H18BrNOS. The minimum atomic E-state index is 0.227. The second-order valence-electron chi connectivity index (χ2n) is 5.06. The van der Waals surface area contributed by atoms with Crippen LogP contribution in [0.4, 0.5) is 0 Å². The van der Waals surface area contributed by atoms with E-state index in [0.717, 1.165) is 12.3 Å². The zero-order valence-corrected chi connectivity index (χ0v) is 13.8. The largest absolute Gasteiger partial charge is 0.490 e. The first-order valence-corrected chi connectivity index (χ1v) is 8.67. The van der Waals surface area contributed by atoms with Gasteiger partial charge in [-0.25, -0.2) is 0 Å². The molecule has 4 heteroatoms. The van der Waals surface area contributed by atoms with E-state index in [1.807, 2.05) is 6.07 Å². The molecule has 2 aromatic rings. The second-order valence-corrected chi connectivity index (χ2v) is 7.36. The molecule has 0 spiro atoms. The molecule has 1 unspecified atom stereocenters. The maximum absolute atomic E-state index is 5.90. The number of thiophene rings is 1. The van der Waals surface area contributed by atoms with Crippen molar-refractivity contribution in [3.8, 4) is 5.75 Å². The summed E-state index contributed by atoms with van der Waals surface area (Å²) in [7, 11) is 0. The van der Waals surface area contributed by atoms with Gasteiger partial charge in [-0.2, -0.15) is 0 Å². The zero-order chi connectivity index (χ0) is 13.9. The van der Waals surface area contributed by atoms with E-state index in [9.17, 15) is 0 Å². The Balaban J connectivity index is 1.86. The zero-order valence-electron chi connectivity index (χ0n) is 11.4. The van der Waals surface area contributed by atoms with Gasteiger partial charge in [0.2, 0.25) is 0 Å². The predicted molar refractivity (Wildman–Crippen MR) is 87.6 cm³/mol. The molecule has 1 N–H and O–H groups in total. The Morgan fingerprint density at radius 1 is 1.35 bits per heavy atom. The van der Waals surface area contributed by atoms with Crippen LogP contribution in [-0.4, -0.2) is 12.6 Å². The van der Waals surface area contributed by atoms with E-state index < -0.39 is 0 Å². The fourth-order valence-electron chi connectivity index (χ4n) is 2.25. The topological polar surface area (TPSA) is 21.3 Å². The van der Waals surface area contributed by atoms with Gasteiger partial charge in [0.1, 0.15) is 5.75 Å². The van der Waals surface area contributed by atoms with Crippen LogP contribution < -0.4 is 10.1 Å². The molecule has 2 nitrogen and oxygen atoms in total. The van der Waals surface area contributed by atoms with Crippen molar-refractivity contribution in [1.29, 1.82) is 0 Å². The molecule has 1 saturated carbocycles. The SMILES string of the molecule is CCNC(c1cccc(OC2CC2)c1)c1csc(Br)c1. The molecule has 3 rings (SSSR count). The van der Waals surface area contributed by atoms with E-state index in [1.165, 1.54) is 27.8 Å². The lowest BCUT2D eigenvalue weighted by molar-refractivity contribution is 0.302. The lowest BCUT2D eigenvalue weighted by Gasteiger charge is -2.18. The summed E-state index contributed by atoms with van der Waals surface area (Å²) in [5.41, 5.74) is 2.56. The van der Waals surface area contributed by atoms with Gasteiger partial charge >= 0.3 is 0 Å². The van der Waals surface area contributed by atoms with Crippen molar-refractivity contribution < 1.29 is 4.74 Å². The Hall–Kier alpha value is -0.840. The molecule has 106 valence electrons. The maximum Gasteiger partial charge on any atom is 0.120 e. The van der Waals surface area contributed by atoms with E-state index >= 15 is 0 Å². The average Bonchev–Trinajstić information content (AvgIpc) is 3.16. The summed E-state index contributed by atoms with van der Waals surface area (Å²) in [6.07, 6.45) is 2.83. The highest BCUT2D eigenvalue weighted by Gasteiger charge is 2.24. The third-order valence-corrected chi connectivity index (χ3v) is 4.87. The fraction of sp³-hybridized carbons (Fsp3) is 0.375. The Morgan fingerprint density at radius 3 is 2.85 bits per heavy atom. The van der Waals surface area contributed by atoms with Crippen molar-refractivity contribution >= 4 is 27.3 Å². The lowest BCUT2D eigenvalue weighted by atomic mass is 10.0. The second kappa shape index (κ2) is 6.29. The summed E-state index contributed by atoms with van der Waals surface area (Å²) in [4.78, 5) is 0. The molecule has 1 aliphatic carbocycles. The van der Waals surface area contributed by atoms with Crippen molar-refractivity contribution in [3.63, 3.8) is 0 Å². The Kier molecular flexibility index (Phi) is 4.44. The van der Waals surface area contributed by atoms with Crippen LogP contribution in [0.25, 0.3) is 0 Å². The van der Waals surface area contributed by atoms with Crippen LogP contribution in [0.5, 0.6) is 5.75 Å². The summed E-state index contributed by atoms with van der Waals surface area (Å²) in [6, 6.07) is 10.9. The smallest absolute Gasteiger partial charge is 0.120 e. The Morgan fingerprint density at radius 2 is 2.20 bits per heavy atom. The predicted octanol–water partition coefficient (Wildman–Crippen LogP) is 4.75. The first-order valence-electron chi connectivity index (χ1n) is 7.00. The first kappa shape index (κ1) is 14.1. The van der Waals surface area contributed by atoms with Crippen LogP contribution >= 0.6 is 27.3 Å². The van der Waals surface area contributed by atoms with Crippen LogP contribution in [-0.2, 0) is 0 Å². The summed E-state index contributed by atoms with van der Waals surface area (Å²) in [5, 5.41) is 5.76. The van der Waals surface area contributed by atoms with Crippen molar-refractivity contribution in [3.05, 3.63) is 50.6 Å². The van der Waals surface area contributed by atoms with Gasteiger partial charge in [0.25, 0.3) is 0 Å². The van der Waals surface area contributed by atoms with E-state index in [2.05, 4.69) is 57.8 Å². The van der Waals surface area contributed by atoms with Crippen LogP contribution in [0.15, 0.2) is 39.5 Å². The van der Waals surface area contributed by atoms with Gasteiger partial charge in [-0.05, 0) is 70.0 Å². The molecule has 1 heterocycles. The number of halogens is 1. The molecular weight excluding hydrogens is 334 g/mol. The highest BCUT2D eigenvalue weighted by atomic mass is 79.9. The van der Waals surface area contributed by atoms with Crippen LogP contribution in [0.1, 0.15) is 36.9 Å². The van der Waals surface area contributed by atoms with Crippen molar-refractivity contribution in [1.82, 2.24) is 5.32 Å². The molecule has 0 saturated heterocycles. The fourth-order valence-corrected chi connectivity index (χ4v) is 3.45. The molecule has 0 amide bonds. The normalized spacial score (nSPS) is 16.1. The summed E-state index contributed by atoms with van der Waals surface area (Å²) >= 11 is 5.27. The van der Waals surface area contributed by atoms with E-state index in [1.54, 1.807) is 11.3 Å². The Bertz CT molecular complexity index is 579. The number of nitrogens with one attached hydrogen (secondary N) is 1. The van der Waals surface area contributed by atoms with E-state index in [0.29, 0.717) is 6.10 Å². The quantitative estimate of drug-likeness (QED) is 0.810. The number of rotatable bonds is 6. The van der Waals surface area contributed by atoms with Gasteiger partial charge in [-0.15, -0.1) is 11.3 Å². The summed E-state index contributed by atoms with van der Waals surface area (Å²) < 4.78 is 7.07. The summed E-state index contributed by atoms with van der Waals surface area (Å²) in [6.45, 7) is 3.07. The summed E-state index contributed by atoms with van der Waals surface area (Å²) in [5.74, 6) is 0.988. The average molecular weight is 352 g/mol. The monoisotopic (exact) mass is 351 g/mol. The minimum absolute atomic E-state index is 0.227. The molecule has 0 radical (unpaired) electrons. The molecule has 1 aliphatic rings. The van der Waals surface area contributed by atoms with Gasteiger partial charge in [-0.1, -0.05) is 19.1 Å². The van der Waals surface area contributed by atoms with E-state index in [-0.39, 0.29) is 6.04 Å². The molecule has 1 aromatic carbocycles. The number of hydrogen-bond acceptors (Lipinski definition) is 3. The van der Waals surface area contributed by atoms with Gasteiger partial charge in [0.15, 0.2) is 0 Å². The first-order chi connectivity index (χ1) is 9.76. The van der Waals surface area contributed by atoms with Gasteiger partial charge in [-0.3, -0.25) is 0 Å². The van der Waals surface area contributed by atoms with Gasteiger partial charge in [0.05, 0.1) is 15.9 Å². The lowest BCUT2D eigenvalue weighted by Crippen LogP contribution is -2.21. The van der Waals surface area contributed by atoms with Crippen LogP contribution in [0, 0.1) is 0 Å². The standard InChI is InChI=1S/C16H18BrNOS/c1-2-18-16(12-9-15(17)20-10-12)11-4-3-5-14(8-11)19-13-6-7-13/h3-5,8-10,13,16,18H,2,6-7H2,1H3. The molecule has 20 heavy (non-hydrogen) atoms.